The molecule has 25 heavy (non-hydrogen) atoms. The van der Waals surface area contributed by atoms with Crippen LogP contribution in [0.2, 0.25) is 0 Å². The lowest BCUT2D eigenvalue weighted by atomic mass is 10.0. The summed E-state index contributed by atoms with van der Waals surface area (Å²) < 4.78 is 11.8. The van der Waals surface area contributed by atoms with Gasteiger partial charge in [0, 0.05) is 19.1 Å². The molecule has 132 valence electrons. The monoisotopic (exact) mass is 345 g/mol. The van der Waals surface area contributed by atoms with Crippen LogP contribution in [0.4, 0.5) is 0 Å². The van der Waals surface area contributed by atoms with Crippen LogP contribution in [0.3, 0.4) is 0 Å². The van der Waals surface area contributed by atoms with Crippen molar-refractivity contribution in [2.75, 3.05) is 6.61 Å². The molecular weight excluding hydrogens is 326 g/mol. The fourth-order valence-electron chi connectivity index (χ4n) is 2.69. The zero-order chi connectivity index (χ0) is 18.0. The zero-order valence-electron chi connectivity index (χ0n) is 13.6. The first-order chi connectivity index (χ1) is 12.0. The first-order valence-corrected chi connectivity index (χ1v) is 7.84. The van der Waals surface area contributed by atoms with E-state index in [4.69, 9.17) is 14.6 Å². The van der Waals surface area contributed by atoms with Gasteiger partial charge in [-0.25, -0.2) is 0 Å². The fraction of sp³-hybridized carbons (Fsp3) is 0.278. The zero-order valence-corrected chi connectivity index (χ0v) is 13.6. The third-order valence-corrected chi connectivity index (χ3v) is 3.86. The maximum absolute atomic E-state index is 11.5. The molecule has 0 radical (unpaired) electrons. The lowest BCUT2D eigenvalue weighted by Crippen LogP contribution is -2.46. The first-order valence-electron chi connectivity index (χ1n) is 7.84. The Morgan fingerprint density at radius 2 is 1.88 bits per heavy atom. The molecule has 3 rings (SSSR count). The summed E-state index contributed by atoms with van der Waals surface area (Å²) in [6.45, 7) is 1.39. The van der Waals surface area contributed by atoms with E-state index in [-0.39, 0.29) is 24.0 Å². The Bertz CT molecular complexity index is 791. The normalized spacial score (nSPS) is 18.6. The molecule has 7 heteroatoms. The van der Waals surface area contributed by atoms with Crippen molar-refractivity contribution < 1.29 is 29.6 Å². The second-order valence-electron chi connectivity index (χ2n) is 5.78. The molecule has 2 atom stereocenters. The molecule has 0 spiro atoms. The van der Waals surface area contributed by atoms with Gasteiger partial charge in [0.15, 0.2) is 29.1 Å². The van der Waals surface area contributed by atoms with Crippen LogP contribution in [0, 0.1) is 0 Å². The Balaban J connectivity index is 1.96. The van der Waals surface area contributed by atoms with E-state index in [2.05, 4.69) is 5.32 Å². The second-order valence-corrected chi connectivity index (χ2v) is 5.78. The van der Waals surface area contributed by atoms with Crippen molar-refractivity contribution in [3.63, 3.8) is 0 Å². The summed E-state index contributed by atoms with van der Waals surface area (Å²) in [5.74, 6) is 0.124. The largest absolute Gasteiger partial charge is 0.504 e. The summed E-state index contributed by atoms with van der Waals surface area (Å²) in [5, 5.41) is 30.9. The molecule has 0 bridgehead atoms. The number of aliphatic hydroxyl groups excluding tert-OH is 1. The third kappa shape index (κ3) is 3.61. The minimum absolute atomic E-state index is 0.0180. The van der Waals surface area contributed by atoms with E-state index in [1.807, 2.05) is 6.07 Å². The number of carbonyl (C=O) groups excluding carboxylic acids is 1. The summed E-state index contributed by atoms with van der Waals surface area (Å²) in [7, 11) is 0. The van der Waals surface area contributed by atoms with Crippen molar-refractivity contribution >= 4 is 5.91 Å². The number of benzene rings is 2. The highest BCUT2D eigenvalue weighted by Crippen LogP contribution is 2.40. The highest BCUT2D eigenvalue weighted by atomic mass is 16.6. The van der Waals surface area contributed by atoms with Crippen molar-refractivity contribution in [1.29, 1.82) is 0 Å². The lowest BCUT2D eigenvalue weighted by molar-refractivity contribution is -0.124. The number of nitrogens with one attached hydrogen (secondary N) is 1. The molecule has 7 nitrogen and oxygen atoms in total. The Morgan fingerprint density at radius 1 is 1.08 bits per heavy atom. The van der Waals surface area contributed by atoms with E-state index in [0.717, 1.165) is 5.56 Å². The summed E-state index contributed by atoms with van der Waals surface area (Å²) >= 11 is 0. The summed E-state index contributed by atoms with van der Waals surface area (Å²) in [5.41, 5.74) is 1.42. The van der Waals surface area contributed by atoms with Gasteiger partial charge in [0.2, 0.25) is 12.1 Å². The number of amides is 1. The SMILES string of the molecule is CC(=O)NC1Oc2cc(CCO)ccc2OC1c1ccc(O)c(O)c1. The predicted octanol–water partition coefficient (Wildman–Crippen LogP) is 1.61. The van der Waals surface area contributed by atoms with Crippen LogP contribution in [-0.2, 0) is 11.2 Å². The molecule has 1 heterocycles. The molecule has 1 amide bonds. The van der Waals surface area contributed by atoms with Crippen LogP contribution in [0.25, 0.3) is 0 Å². The van der Waals surface area contributed by atoms with E-state index in [1.165, 1.54) is 19.1 Å². The van der Waals surface area contributed by atoms with Gasteiger partial charge in [0.25, 0.3) is 0 Å². The molecule has 1 aliphatic heterocycles. The van der Waals surface area contributed by atoms with E-state index in [9.17, 15) is 15.0 Å². The Kier molecular flexibility index (Phi) is 4.67. The standard InChI is InChI=1S/C18H19NO6/c1-10(21)19-18-17(12-3-4-13(22)14(23)9-12)24-15-5-2-11(6-7-20)8-16(15)25-18/h2-5,8-9,17-18,20,22-23H,6-7H2,1H3,(H,19,21). The van der Waals surface area contributed by atoms with Gasteiger partial charge < -0.3 is 30.1 Å². The molecule has 0 saturated carbocycles. The van der Waals surface area contributed by atoms with Crippen LogP contribution in [0.15, 0.2) is 36.4 Å². The minimum Gasteiger partial charge on any atom is -0.504 e. The average molecular weight is 345 g/mol. The number of aliphatic hydroxyl groups is 1. The number of rotatable bonds is 4. The summed E-state index contributed by atoms with van der Waals surface area (Å²) in [6, 6.07) is 9.61. The van der Waals surface area contributed by atoms with Crippen LogP contribution in [-0.4, -0.2) is 34.1 Å². The van der Waals surface area contributed by atoms with Crippen LogP contribution >= 0.6 is 0 Å². The predicted molar refractivity (Wildman–Crippen MR) is 88.6 cm³/mol. The van der Waals surface area contributed by atoms with E-state index in [1.54, 1.807) is 18.2 Å². The van der Waals surface area contributed by atoms with Crippen LogP contribution in [0.1, 0.15) is 24.2 Å². The molecule has 0 fully saturated rings. The first kappa shape index (κ1) is 16.9. The fourth-order valence-corrected chi connectivity index (χ4v) is 2.69. The molecule has 2 aromatic carbocycles. The Hall–Kier alpha value is -2.93. The van der Waals surface area contributed by atoms with Gasteiger partial charge in [-0.05, 0) is 36.2 Å². The molecule has 0 saturated heterocycles. The van der Waals surface area contributed by atoms with Crippen molar-refractivity contribution in [2.45, 2.75) is 25.7 Å². The number of hydrogen-bond donors (Lipinski definition) is 4. The number of fused-ring (bicyclic) bond motifs is 1. The van der Waals surface area contributed by atoms with E-state index < -0.39 is 12.3 Å². The molecule has 2 unspecified atom stereocenters. The van der Waals surface area contributed by atoms with Gasteiger partial charge in [-0.1, -0.05) is 12.1 Å². The van der Waals surface area contributed by atoms with Gasteiger partial charge in [0.1, 0.15) is 0 Å². The number of phenols is 2. The van der Waals surface area contributed by atoms with Gasteiger partial charge in [-0.2, -0.15) is 0 Å². The van der Waals surface area contributed by atoms with Crippen LogP contribution < -0.4 is 14.8 Å². The molecule has 2 aromatic rings. The van der Waals surface area contributed by atoms with Crippen LogP contribution in [0.5, 0.6) is 23.0 Å². The smallest absolute Gasteiger partial charge is 0.219 e. The minimum atomic E-state index is -0.807. The van der Waals surface area contributed by atoms with Crippen molar-refractivity contribution in [3.05, 3.63) is 47.5 Å². The number of carbonyl (C=O) groups is 1. The molecule has 0 aliphatic carbocycles. The van der Waals surface area contributed by atoms with Gasteiger partial charge in [-0.3, -0.25) is 4.79 Å². The highest BCUT2D eigenvalue weighted by molar-refractivity contribution is 5.73. The Labute approximate surface area is 144 Å². The number of phenolic OH excluding ortho intramolecular Hbond substituents is 2. The van der Waals surface area contributed by atoms with Gasteiger partial charge in [0.05, 0.1) is 0 Å². The van der Waals surface area contributed by atoms with E-state index >= 15 is 0 Å². The molecule has 4 N–H and O–H groups in total. The lowest BCUT2D eigenvalue weighted by Gasteiger charge is -2.34. The maximum atomic E-state index is 11.5. The van der Waals surface area contributed by atoms with Crippen molar-refractivity contribution in [1.82, 2.24) is 5.32 Å². The van der Waals surface area contributed by atoms with E-state index in [0.29, 0.717) is 23.5 Å². The third-order valence-electron chi connectivity index (χ3n) is 3.86. The number of hydrogen-bond acceptors (Lipinski definition) is 6. The quantitative estimate of drug-likeness (QED) is 0.627. The molecule has 0 aromatic heterocycles. The number of ether oxygens (including phenoxy) is 2. The topological polar surface area (TPSA) is 108 Å². The van der Waals surface area contributed by atoms with Crippen molar-refractivity contribution in [2.24, 2.45) is 0 Å². The summed E-state index contributed by atoms with van der Waals surface area (Å²) in [6.07, 6.45) is -1.03. The molecular formula is C18H19NO6. The Morgan fingerprint density at radius 3 is 2.56 bits per heavy atom. The second kappa shape index (κ2) is 6.90. The molecule has 1 aliphatic rings. The summed E-state index contributed by atoms with van der Waals surface area (Å²) in [4.78, 5) is 11.5. The highest BCUT2D eigenvalue weighted by Gasteiger charge is 2.34. The maximum Gasteiger partial charge on any atom is 0.219 e. The van der Waals surface area contributed by atoms with Gasteiger partial charge >= 0.3 is 0 Å². The van der Waals surface area contributed by atoms with Gasteiger partial charge in [-0.15, -0.1) is 0 Å². The average Bonchev–Trinajstić information content (AvgIpc) is 2.56. The number of aromatic hydroxyl groups is 2. The van der Waals surface area contributed by atoms with Crippen molar-refractivity contribution in [3.8, 4) is 23.0 Å².